The van der Waals surface area contributed by atoms with Gasteiger partial charge in [-0.2, -0.15) is 0 Å². The van der Waals surface area contributed by atoms with Crippen molar-refractivity contribution in [2.24, 2.45) is 5.41 Å². The molecule has 0 aromatic carbocycles. The number of ether oxygens (including phenoxy) is 2. The maximum Gasteiger partial charge on any atom is 0.333 e. The van der Waals surface area contributed by atoms with Crippen molar-refractivity contribution in [2.75, 3.05) is 6.61 Å². The average molecular weight is 310 g/mol. The molecule has 0 aromatic heterocycles. The maximum absolute atomic E-state index is 11.8. The molecule has 4 nitrogen and oxygen atoms in total. The van der Waals surface area contributed by atoms with E-state index in [0.29, 0.717) is 11.1 Å². The van der Waals surface area contributed by atoms with Crippen LogP contribution in [0.25, 0.3) is 0 Å². The lowest BCUT2D eigenvalue weighted by molar-refractivity contribution is -0.158. The molecule has 0 amide bonds. The summed E-state index contributed by atoms with van der Waals surface area (Å²) in [5, 5.41) is 0. The topological polar surface area (TPSA) is 52.6 Å². The molecule has 0 aliphatic carbocycles. The molecule has 0 spiro atoms. The minimum absolute atomic E-state index is 0.222. The van der Waals surface area contributed by atoms with Crippen LogP contribution in [0.2, 0.25) is 0 Å². The summed E-state index contributed by atoms with van der Waals surface area (Å²) in [5.41, 5.74) is 0.352. The molecule has 126 valence electrons. The second-order valence-corrected chi connectivity index (χ2v) is 6.00. The van der Waals surface area contributed by atoms with E-state index < -0.39 is 11.9 Å². The highest BCUT2D eigenvalue weighted by molar-refractivity contribution is 5.87. The fourth-order valence-electron chi connectivity index (χ4n) is 2.21. The van der Waals surface area contributed by atoms with Crippen molar-refractivity contribution in [3.05, 3.63) is 24.3 Å². The molecular weight excluding hydrogens is 280 g/mol. The molecule has 0 aliphatic rings. The second-order valence-electron chi connectivity index (χ2n) is 6.00. The fourth-order valence-corrected chi connectivity index (χ4v) is 2.21. The van der Waals surface area contributed by atoms with E-state index in [1.807, 2.05) is 13.8 Å². The van der Waals surface area contributed by atoms with Gasteiger partial charge in [-0.3, -0.25) is 0 Å². The largest absolute Gasteiger partial charge is 0.462 e. The molecule has 2 atom stereocenters. The zero-order chi connectivity index (χ0) is 17.3. The monoisotopic (exact) mass is 310 g/mol. The Morgan fingerprint density at radius 2 is 1.64 bits per heavy atom. The number of rotatable bonds is 10. The van der Waals surface area contributed by atoms with E-state index in [0.717, 1.165) is 25.7 Å². The molecule has 0 saturated carbocycles. The Morgan fingerprint density at radius 3 is 2.05 bits per heavy atom. The van der Waals surface area contributed by atoms with Gasteiger partial charge in [0.05, 0.1) is 0 Å². The molecule has 0 aliphatic heterocycles. The number of carbonyl (C=O) groups excluding carboxylic acids is 2. The third kappa shape index (κ3) is 6.04. The lowest BCUT2D eigenvalue weighted by Crippen LogP contribution is -2.41. The molecule has 22 heavy (non-hydrogen) atoms. The van der Waals surface area contributed by atoms with E-state index in [9.17, 15) is 9.59 Å². The van der Waals surface area contributed by atoms with Crippen molar-refractivity contribution in [1.82, 2.24) is 0 Å². The molecule has 4 heteroatoms. The van der Waals surface area contributed by atoms with Gasteiger partial charge in [0.1, 0.15) is 12.7 Å². The predicted molar refractivity (Wildman–Crippen MR) is 88.4 cm³/mol. The van der Waals surface area contributed by atoms with Crippen LogP contribution < -0.4 is 0 Å². The third-order valence-corrected chi connectivity index (χ3v) is 4.07. The van der Waals surface area contributed by atoms with Gasteiger partial charge >= 0.3 is 11.9 Å². The van der Waals surface area contributed by atoms with Crippen LogP contribution in [0, 0.1) is 5.41 Å². The van der Waals surface area contributed by atoms with Gasteiger partial charge in [0.15, 0.2) is 0 Å². The summed E-state index contributed by atoms with van der Waals surface area (Å²) >= 11 is 0. The van der Waals surface area contributed by atoms with Crippen molar-refractivity contribution in [2.45, 2.75) is 66.4 Å². The molecule has 0 bridgehead atoms. The lowest BCUT2D eigenvalue weighted by Gasteiger charge is -2.37. The number of hydrogen-bond donors (Lipinski definition) is 0. The molecule has 0 N–H and O–H groups in total. The second kappa shape index (κ2) is 9.44. The Kier molecular flexibility index (Phi) is 8.76. The normalized spacial score (nSPS) is 14.6. The third-order valence-electron chi connectivity index (χ3n) is 4.07. The smallest absolute Gasteiger partial charge is 0.333 e. The quantitative estimate of drug-likeness (QED) is 0.448. The zero-order valence-electron chi connectivity index (χ0n) is 14.7. The Labute approximate surface area is 134 Å². The zero-order valence-corrected chi connectivity index (χ0v) is 14.7. The van der Waals surface area contributed by atoms with E-state index in [4.69, 9.17) is 9.47 Å². The molecular formula is C18H30O4. The van der Waals surface area contributed by atoms with E-state index in [2.05, 4.69) is 20.1 Å². The number of hydrogen-bond acceptors (Lipinski definition) is 4. The first-order valence-corrected chi connectivity index (χ1v) is 7.89. The van der Waals surface area contributed by atoms with Gasteiger partial charge in [-0.05, 0) is 33.6 Å². The fraction of sp³-hybridized carbons (Fsp3) is 0.667. The highest BCUT2D eigenvalue weighted by Gasteiger charge is 2.38. The van der Waals surface area contributed by atoms with Crippen LogP contribution >= 0.6 is 0 Å². The SMILES string of the molecule is C=C(C)C(=O)OCC(CC)(CCCC)C(C)OC(=O)C(=C)C. The van der Waals surface area contributed by atoms with E-state index >= 15 is 0 Å². The minimum Gasteiger partial charge on any atom is -0.462 e. The molecule has 0 saturated heterocycles. The predicted octanol–water partition coefficient (Wildman–Crippen LogP) is 4.20. The highest BCUT2D eigenvalue weighted by atomic mass is 16.6. The Morgan fingerprint density at radius 1 is 1.09 bits per heavy atom. The van der Waals surface area contributed by atoms with Crippen LogP contribution in [-0.2, 0) is 19.1 Å². The van der Waals surface area contributed by atoms with Crippen LogP contribution in [0.5, 0.6) is 0 Å². The van der Waals surface area contributed by atoms with Crippen molar-refractivity contribution in [3.63, 3.8) is 0 Å². The highest BCUT2D eigenvalue weighted by Crippen LogP contribution is 2.35. The lowest BCUT2D eigenvalue weighted by atomic mass is 9.76. The van der Waals surface area contributed by atoms with Gasteiger partial charge in [-0.25, -0.2) is 9.59 Å². The first-order chi connectivity index (χ1) is 10.2. The summed E-state index contributed by atoms with van der Waals surface area (Å²) in [7, 11) is 0. The van der Waals surface area contributed by atoms with Crippen molar-refractivity contribution in [3.8, 4) is 0 Å². The summed E-state index contributed by atoms with van der Waals surface area (Å²) < 4.78 is 10.9. The van der Waals surface area contributed by atoms with Gasteiger partial charge < -0.3 is 9.47 Å². The number of esters is 2. The average Bonchev–Trinajstić information content (AvgIpc) is 2.47. The van der Waals surface area contributed by atoms with Crippen LogP contribution in [0.15, 0.2) is 24.3 Å². The minimum atomic E-state index is -0.409. The van der Waals surface area contributed by atoms with Gasteiger partial charge in [0.25, 0.3) is 0 Å². The number of carbonyl (C=O) groups is 2. The molecule has 0 rings (SSSR count). The van der Waals surface area contributed by atoms with Crippen molar-refractivity contribution >= 4 is 11.9 Å². The number of unbranched alkanes of at least 4 members (excludes halogenated alkanes) is 1. The Balaban J connectivity index is 5.11. The van der Waals surface area contributed by atoms with Crippen molar-refractivity contribution < 1.29 is 19.1 Å². The van der Waals surface area contributed by atoms with Crippen LogP contribution in [-0.4, -0.2) is 24.6 Å². The van der Waals surface area contributed by atoms with Gasteiger partial charge in [0, 0.05) is 16.6 Å². The molecule has 0 heterocycles. The molecule has 0 fully saturated rings. The first-order valence-electron chi connectivity index (χ1n) is 7.89. The summed E-state index contributed by atoms with van der Waals surface area (Å²) in [6, 6.07) is 0. The van der Waals surface area contributed by atoms with Gasteiger partial charge in [-0.1, -0.05) is 39.8 Å². The summed E-state index contributed by atoms with van der Waals surface area (Å²) in [4.78, 5) is 23.5. The molecule has 0 aromatic rings. The van der Waals surface area contributed by atoms with Crippen molar-refractivity contribution in [1.29, 1.82) is 0 Å². The summed E-state index contributed by atoms with van der Waals surface area (Å²) in [5.74, 6) is -0.819. The molecule has 2 unspecified atom stereocenters. The Bertz CT molecular complexity index is 425. The standard InChI is InChI=1S/C18H30O4/c1-8-10-11-18(9-2,12-21-16(19)13(3)4)15(7)22-17(20)14(5)6/h15H,3,5,8-12H2,1-2,4,6-7H3. The molecule has 0 radical (unpaired) electrons. The van der Waals surface area contributed by atoms with E-state index in [1.165, 1.54) is 0 Å². The summed E-state index contributed by atoms with van der Waals surface area (Å²) in [6.45, 7) is 16.6. The maximum atomic E-state index is 11.8. The summed E-state index contributed by atoms with van der Waals surface area (Å²) in [6.07, 6.45) is 3.23. The van der Waals surface area contributed by atoms with Gasteiger partial charge in [0.2, 0.25) is 0 Å². The van der Waals surface area contributed by atoms with Gasteiger partial charge in [-0.15, -0.1) is 0 Å². The van der Waals surface area contributed by atoms with E-state index in [1.54, 1.807) is 13.8 Å². The van der Waals surface area contributed by atoms with Crippen LogP contribution in [0.3, 0.4) is 0 Å². The Hall–Kier alpha value is -1.58. The van der Waals surface area contributed by atoms with Crippen LogP contribution in [0.4, 0.5) is 0 Å². The van der Waals surface area contributed by atoms with Crippen LogP contribution in [0.1, 0.15) is 60.3 Å². The van der Waals surface area contributed by atoms with E-state index in [-0.39, 0.29) is 18.1 Å². The first kappa shape index (κ1) is 20.4.